The van der Waals surface area contributed by atoms with Crippen LogP contribution in [0, 0.1) is 0 Å². The molecule has 1 aliphatic rings. The van der Waals surface area contributed by atoms with Crippen molar-refractivity contribution in [2.24, 2.45) is 0 Å². The van der Waals surface area contributed by atoms with Crippen LogP contribution < -0.4 is 10.1 Å². The Balaban J connectivity index is 2.13. The SMILES string of the molecule is COc1cc(CN2C(=O)CCNC2=O)ccn1. The van der Waals surface area contributed by atoms with Crippen molar-refractivity contribution in [1.82, 2.24) is 15.2 Å². The van der Waals surface area contributed by atoms with Crippen molar-refractivity contribution < 1.29 is 14.3 Å². The van der Waals surface area contributed by atoms with Crippen LogP contribution in [0.15, 0.2) is 18.3 Å². The molecule has 1 aromatic rings. The lowest BCUT2D eigenvalue weighted by molar-refractivity contribution is -0.129. The third-order valence-electron chi connectivity index (χ3n) is 2.51. The summed E-state index contributed by atoms with van der Waals surface area (Å²) in [6.45, 7) is 0.650. The fraction of sp³-hybridized carbons (Fsp3) is 0.364. The molecule has 6 heteroatoms. The minimum atomic E-state index is -0.350. The van der Waals surface area contributed by atoms with E-state index in [9.17, 15) is 9.59 Å². The Morgan fingerprint density at radius 3 is 3.06 bits per heavy atom. The van der Waals surface area contributed by atoms with Gasteiger partial charge in [-0.2, -0.15) is 0 Å². The highest BCUT2D eigenvalue weighted by molar-refractivity contribution is 5.96. The van der Waals surface area contributed by atoms with Gasteiger partial charge in [-0.3, -0.25) is 9.69 Å². The zero-order valence-electron chi connectivity index (χ0n) is 9.47. The van der Waals surface area contributed by atoms with E-state index in [-0.39, 0.29) is 18.5 Å². The summed E-state index contributed by atoms with van der Waals surface area (Å²) >= 11 is 0. The minimum Gasteiger partial charge on any atom is -0.481 e. The number of carbonyl (C=O) groups excluding carboxylic acids is 2. The molecule has 3 amide bonds. The number of ether oxygens (including phenoxy) is 1. The molecule has 0 spiro atoms. The van der Waals surface area contributed by atoms with E-state index in [2.05, 4.69) is 10.3 Å². The summed E-state index contributed by atoms with van der Waals surface area (Å²) < 4.78 is 4.98. The number of carbonyl (C=O) groups is 2. The molecule has 1 fully saturated rings. The Hall–Kier alpha value is -2.11. The Morgan fingerprint density at radius 2 is 2.35 bits per heavy atom. The van der Waals surface area contributed by atoms with Gasteiger partial charge in [-0.25, -0.2) is 9.78 Å². The second kappa shape index (κ2) is 4.82. The molecule has 1 aliphatic heterocycles. The van der Waals surface area contributed by atoms with Gasteiger partial charge >= 0.3 is 6.03 Å². The Labute approximate surface area is 98.6 Å². The molecule has 0 unspecified atom stereocenters. The van der Waals surface area contributed by atoms with Crippen LogP contribution in [0.1, 0.15) is 12.0 Å². The number of methoxy groups -OCH3 is 1. The molecule has 1 saturated heterocycles. The van der Waals surface area contributed by atoms with Gasteiger partial charge in [-0.1, -0.05) is 0 Å². The fourth-order valence-electron chi connectivity index (χ4n) is 1.62. The molecule has 0 radical (unpaired) electrons. The predicted octanol–water partition coefficient (Wildman–Crippen LogP) is 0.532. The Bertz CT molecular complexity index is 431. The van der Waals surface area contributed by atoms with Gasteiger partial charge in [-0.15, -0.1) is 0 Å². The minimum absolute atomic E-state index is 0.162. The summed E-state index contributed by atoms with van der Waals surface area (Å²) in [5, 5.41) is 2.63. The molecule has 6 nitrogen and oxygen atoms in total. The van der Waals surface area contributed by atoms with E-state index in [1.165, 1.54) is 12.0 Å². The van der Waals surface area contributed by atoms with Crippen molar-refractivity contribution in [3.8, 4) is 5.88 Å². The van der Waals surface area contributed by atoms with E-state index in [4.69, 9.17) is 4.74 Å². The quantitative estimate of drug-likeness (QED) is 0.829. The van der Waals surface area contributed by atoms with E-state index < -0.39 is 0 Å². The highest BCUT2D eigenvalue weighted by Gasteiger charge is 2.25. The summed E-state index contributed by atoms with van der Waals surface area (Å²) in [5.41, 5.74) is 0.808. The highest BCUT2D eigenvalue weighted by Crippen LogP contribution is 2.13. The molecular formula is C11H13N3O3. The van der Waals surface area contributed by atoms with Crippen molar-refractivity contribution in [1.29, 1.82) is 0 Å². The van der Waals surface area contributed by atoms with Crippen LogP contribution >= 0.6 is 0 Å². The molecule has 1 aromatic heterocycles. The molecule has 0 aliphatic carbocycles. The molecule has 2 rings (SSSR count). The maximum absolute atomic E-state index is 11.6. The smallest absolute Gasteiger partial charge is 0.324 e. The molecule has 2 heterocycles. The monoisotopic (exact) mass is 235 g/mol. The number of imide groups is 1. The predicted molar refractivity (Wildman–Crippen MR) is 59.4 cm³/mol. The normalized spacial score (nSPS) is 15.7. The number of nitrogens with zero attached hydrogens (tertiary/aromatic N) is 2. The summed E-state index contributed by atoms with van der Waals surface area (Å²) in [6, 6.07) is 3.10. The topological polar surface area (TPSA) is 71.5 Å². The Morgan fingerprint density at radius 1 is 1.53 bits per heavy atom. The lowest BCUT2D eigenvalue weighted by Crippen LogP contribution is -2.49. The van der Waals surface area contributed by atoms with Gasteiger partial charge in [0.1, 0.15) is 0 Å². The molecule has 17 heavy (non-hydrogen) atoms. The van der Waals surface area contributed by atoms with Crippen LogP contribution in [0.2, 0.25) is 0 Å². The average molecular weight is 235 g/mol. The standard InChI is InChI=1S/C11H13N3O3/c1-17-9-6-8(2-4-12-9)7-14-10(15)3-5-13-11(14)16/h2,4,6H,3,5,7H2,1H3,(H,13,16). The van der Waals surface area contributed by atoms with E-state index in [1.54, 1.807) is 18.3 Å². The number of amides is 3. The Kier molecular flexibility index (Phi) is 3.22. The maximum Gasteiger partial charge on any atom is 0.324 e. The third-order valence-corrected chi connectivity index (χ3v) is 2.51. The first-order chi connectivity index (χ1) is 8.20. The number of hydrogen-bond donors (Lipinski definition) is 1. The number of rotatable bonds is 3. The zero-order chi connectivity index (χ0) is 12.3. The van der Waals surface area contributed by atoms with Crippen molar-refractivity contribution in [3.05, 3.63) is 23.9 Å². The van der Waals surface area contributed by atoms with E-state index in [0.717, 1.165) is 5.56 Å². The lowest BCUT2D eigenvalue weighted by atomic mass is 10.2. The van der Waals surface area contributed by atoms with Crippen molar-refractivity contribution in [2.45, 2.75) is 13.0 Å². The summed E-state index contributed by atoms with van der Waals surface area (Å²) in [6.07, 6.45) is 1.93. The second-order valence-corrected chi connectivity index (χ2v) is 3.67. The van der Waals surface area contributed by atoms with Gasteiger partial charge in [0, 0.05) is 25.2 Å². The molecule has 0 bridgehead atoms. The van der Waals surface area contributed by atoms with Gasteiger partial charge in [0.05, 0.1) is 13.7 Å². The van der Waals surface area contributed by atoms with Gasteiger partial charge in [0.15, 0.2) is 0 Å². The van der Waals surface area contributed by atoms with Crippen LogP contribution in [0.25, 0.3) is 0 Å². The van der Waals surface area contributed by atoms with Gasteiger partial charge < -0.3 is 10.1 Å². The van der Waals surface area contributed by atoms with Gasteiger partial charge in [0.25, 0.3) is 0 Å². The van der Waals surface area contributed by atoms with Crippen LogP contribution in [-0.4, -0.2) is 35.5 Å². The van der Waals surface area contributed by atoms with Crippen LogP contribution in [0.5, 0.6) is 5.88 Å². The van der Waals surface area contributed by atoms with Crippen LogP contribution in [-0.2, 0) is 11.3 Å². The molecule has 0 saturated carbocycles. The number of hydrogen-bond acceptors (Lipinski definition) is 4. The average Bonchev–Trinajstić information content (AvgIpc) is 2.34. The number of pyridine rings is 1. The number of aromatic nitrogens is 1. The number of urea groups is 1. The fourth-order valence-corrected chi connectivity index (χ4v) is 1.62. The third kappa shape index (κ3) is 2.52. The largest absolute Gasteiger partial charge is 0.481 e. The maximum atomic E-state index is 11.6. The summed E-state index contributed by atoms with van der Waals surface area (Å²) in [7, 11) is 1.52. The van der Waals surface area contributed by atoms with E-state index >= 15 is 0 Å². The first kappa shape index (κ1) is 11.4. The van der Waals surface area contributed by atoms with Crippen LogP contribution in [0.4, 0.5) is 4.79 Å². The van der Waals surface area contributed by atoms with Crippen molar-refractivity contribution >= 4 is 11.9 Å². The first-order valence-corrected chi connectivity index (χ1v) is 5.28. The van der Waals surface area contributed by atoms with Gasteiger partial charge in [0.2, 0.25) is 11.8 Å². The van der Waals surface area contributed by atoms with Crippen molar-refractivity contribution in [3.63, 3.8) is 0 Å². The summed E-state index contributed by atoms with van der Waals surface area (Å²) in [5.74, 6) is 0.303. The van der Waals surface area contributed by atoms with E-state index in [0.29, 0.717) is 18.8 Å². The zero-order valence-corrected chi connectivity index (χ0v) is 9.47. The molecular weight excluding hydrogens is 222 g/mol. The highest BCUT2D eigenvalue weighted by atomic mass is 16.5. The van der Waals surface area contributed by atoms with Crippen molar-refractivity contribution in [2.75, 3.05) is 13.7 Å². The number of nitrogens with one attached hydrogen (secondary N) is 1. The van der Waals surface area contributed by atoms with Crippen LogP contribution in [0.3, 0.4) is 0 Å². The molecule has 90 valence electrons. The summed E-state index contributed by atoms with van der Waals surface area (Å²) in [4.78, 5) is 28.2. The molecule has 1 N–H and O–H groups in total. The lowest BCUT2D eigenvalue weighted by Gasteiger charge is -2.25. The molecule has 0 aromatic carbocycles. The van der Waals surface area contributed by atoms with Gasteiger partial charge in [-0.05, 0) is 11.6 Å². The second-order valence-electron chi connectivity index (χ2n) is 3.67. The molecule has 0 atom stereocenters. The van der Waals surface area contributed by atoms with E-state index in [1.807, 2.05) is 0 Å². The first-order valence-electron chi connectivity index (χ1n) is 5.28.